The van der Waals surface area contributed by atoms with Gasteiger partial charge in [-0.1, -0.05) is 0 Å². The zero-order chi connectivity index (χ0) is 17.2. The van der Waals surface area contributed by atoms with Gasteiger partial charge >= 0.3 is 6.09 Å². The van der Waals surface area contributed by atoms with Crippen molar-refractivity contribution in [3.63, 3.8) is 0 Å². The predicted molar refractivity (Wildman–Crippen MR) is 84.2 cm³/mol. The molecule has 0 aromatic carbocycles. The number of nitrogens with two attached hydrogens (primary N) is 1. The second kappa shape index (κ2) is 6.76. The van der Waals surface area contributed by atoms with E-state index in [1.165, 1.54) is 0 Å². The molecule has 1 aliphatic rings. The highest BCUT2D eigenvalue weighted by Crippen LogP contribution is 2.29. The molecule has 8 heteroatoms. The topological polar surface area (TPSA) is 91.8 Å². The van der Waals surface area contributed by atoms with Gasteiger partial charge in [0.25, 0.3) is 0 Å². The zero-order valence-corrected chi connectivity index (χ0v) is 14.4. The molecule has 1 fully saturated rings. The number of ether oxygens (including phenoxy) is 3. The number of methoxy groups -OCH3 is 1. The van der Waals surface area contributed by atoms with Crippen LogP contribution in [0.4, 0.5) is 4.79 Å². The number of carbonyl (C=O) groups is 1. The highest BCUT2D eigenvalue weighted by atomic mass is 16.6. The Kier molecular flexibility index (Phi) is 5.16. The molecular formula is C15H26N4O4. The number of morpholine rings is 1. The monoisotopic (exact) mass is 326 g/mol. The molecule has 1 aromatic heterocycles. The molecule has 2 unspecified atom stereocenters. The minimum Gasteiger partial charge on any atom is -0.493 e. The standard InChI is InChI=1S/C15H26N4O4/c1-15(2,3)23-14(20)19-6-7-22-9-10(19)12(16)13-11(21-5)8-17-18(13)4/h8,10,12H,6-7,9,16H2,1-5H3. The molecule has 130 valence electrons. The van der Waals surface area contributed by atoms with E-state index in [4.69, 9.17) is 19.9 Å². The van der Waals surface area contributed by atoms with Gasteiger partial charge < -0.3 is 19.9 Å². The van der Waals surface area contributed by atoms with Crippen LogP contribution >= 0.6 is 0 Å². The van der Waals surface area contributed by atoms with Gasteiger partial charge in [-0.15, -0.1) is 0 Å². The number of carbonyl (C=O) groups excluding carboxylic acids is 1. The minimum atomic E-state index is -0.561. The van der Waals surface area contributed by atoms with Gasteiger partial charge in [0.05, 0.1) is 44.3 Å². The highest BCUT2D eigenvalue weighted by molar-refractivity contribution is 5.69. The summed E-state index contributed by atoms with van der Waals surface area (Å²) in [5.41, 5.74) is 6.57. The van der Waals surface area contributed by atoms with E-state index in [1.807, 2.05) is 20.8 Å². The average molecular weight is 326 g/mol. The number of aryl methyl sites for hydroxylation is 1. The van der Waals surface area contributed by atoms with Crippen LogP contribution in [0.5, 0.6) is 5.75 Å². The third kappa shape index (κ3) is 3.94. The fourth-order valence-corrected chi connectivity index (χ4v) is 2.61. The van der Waals surface area contributed by atoms with Crippen LogP contribution in [0, 0.1) is 0 Å². The van der Waals surface area contributed by atoms with Crippen molar-refractivity contribution in [1.82, 2.24) is 14.7 Å². The molecule has 2 atom stereocenters. The highest BCUT2D eigenvalue weighted by Gasteiger charge is 2.37. The van der Waals surface area contributed by atoms with Gasteiger partial charge in [-0.25, -0.2) is 4.79 Å². The molecule has 1 saturated heterocycles. The summed E-state index contributed by atoms with van der Waals surface area (Å²) in [4.78, 5) is 14.1. The van der Waals surface area contributed by atoms with Crippen molar-refractivity contribution in [2.75, 3.05) is 26.9 Å². The van der Waals surface area contributed by atoms with Crippen LogP contribution in [0.2, 0.25) is 0 Å². The molecule has 0 saturated carbocycles. The lowest BCUT2D eigenvalue weighted by atomic mass is 10.0. The van der Waals surface area contributed by atoms with Crippen LogP contribution in [0.3, 0.4) is 0 Å². The van der Waals surface area contributed by atoms with Crippen LogP contribution in [-0.4, -0.2) is 59.3 Å². The van der Waals surface area contributed by atoms with E-state index < -0.39 is 11.6 Å². The first-order chi connectivity index (χ1) is 10.7. The molecule has 2 rings (SSSR count). The second-order valence-electron chi connectivity index (χ2n) is 6.56. The SMILES string of the molecule is COc1cnn(C)c1C(N)C1COCCN1C(=O)OC(C)(C)C. The molecule has 1 aromatic rings. The van der Waals surface area contributed by atoms with Gasteiger partial charge in [-0.3, -0.25) is 9.58 Å². The minimum absolute atomic E-state index is 0.342. The lowest BCUT2D eigenvalue weighted by Gasteiger charge is -2.39. The molecule has 2 N–H and O–H groups in total. The van der Waals surface area contributed by atoms with Crippen molar-refractivity contribution in [2.24, 2.45) is 12.8 Å². The van der Waals surface area contributed by atoms with E-state index in [2.05, 4.69) is 5.10 Å². The van der Waals surface area contributed by atoms with Crippen molar-refractivity contribution in [3.8, 4) is 5.75 Å². The van der Waals surface area contributed by atoms with Gasteiger partial charge in [0.1, 0.15) is 5.60 Å². The Labute approximate surface area is 136 Å². The number of hydrogen-bond acceptors (Lipinski definition) is 6. The number of hydrogen-bond donors (Lipinski definition) is 1. The molecule has 0 bridgehead atoms. The van der Waals surface area contributed by atoms with Crippen LogP contribution in [0.1, 0.15) is 32.5 Å². The summed E-state index contributed by atoms with van der Waals surface area (Å²) in [6.07, 6.45) is 1.22. The first kappa shape index (κ1) is 17.6. The van der Waals surface area contributed by atoms with Crippen molar-refractivity contribution in [3.05, 3.63) is 11.9 Å². The van der Waals surface area contributed by atoms with Crippen LogP contribution in [0.25, 0.3) is 0 Å². The first-order valence-electron chi connectivity index (χ1n) is 7.63. The third-order valence-corrected chi connectivity index (χ3v) is 3.69. The van der Waals surface area contributed by atoms with Crippen molar-refractivity contribution < 1.29 is 19.0 Å². The van der Waals surface area contributed by atoms with E-state index in [0.717, 1.165) is 5.69 Å². The van der Waals surface area contributed by atoms with E-state index >= 15 is 0 Å². The third-order valence-electron chi connectivity index (χ3n) is 3.69. The summed E-state index contributed by atoms with van der Waals surface area (Å²) in [7, 11) is 3.36. The van der Waals surface area contributed by atoms with Gasteiger partial charge in [-0.05, 0) is 20.8 Å². The Hall–Kier alpha value is -1.80. The maximum atomic E-state index is 12.5. The number of aromatic nitrogens is 2. The number of amides is 1. The normalized spacial score (nSPS) is 20.3. The Morgan fingerprint density at radius 2 is 2.22 bits per heavy atom. The first-order valence-corrected chi connectivity index (χ1v) is 7.63. The zero-order valence-electron chi connectivity index (χ0n) is 14.4. The van der Waals surface area contributed by atoms with Gasteiger partial charge in [0.15, 0.2) is 5.75 Å². The van der Waals surface area contributed by atoms with E-state index in [-0.39, 0.29) is 12.1 Å². The summed E-state index contributed by atoms with van der Waals surface area (Å²) in [6, 6.07) is -0.840. The quantitative estimate of drug-likeness (QED) is 0.893. The molecule has 0 spiro atoms. The Morgan fingerprint density at radius 1 is 1.52 bits per heavy atom. The molecule has 23 heavy (non-hydrogen) atoms. The summed E-state index contributed by atoms with van der Waals surface area (Å²) in [5.74, 6) is 0.592. The molecule has 0 aliphatic carbocycles. The molecule has 8 nitrogen and oxygen atoms in total. The van der Waals surface area contributed by atoms with Crippen molar-refractivity contribution >= 4 is 6.09 Å². The molecular weight excluding hydrogens is 300 g/mol. The Bertz CT molecular complexity index is 552. The summed E-state index contributed by atoms with van der Waals surface area (Å²) < 4.78 is 18.0. The van der Waals surface area contributed by atoms with Crippen LogP contribution < -0.4 is 10.5 Å². The van der Waals surface area contributed by atoms with E-state index in [0.29, 0.717) is 25.5 Å². The second-order valence-corrected chi connectivity index (χ2v) is 6.56. The summed E-state index contributed by atoms with van der Waals surface area (Å²) >= 11 is 0. The van der Waals surface area contributed by atoms with Crippen LogP contribution in [-0.2, 0) is 16.5 Å². The maximum absolute atomic E-state index is 12.5. The van der Waals surface area contributed by atoms with Crippen molar-refractivity contribution in [2.45, 2.75) is 38.5 Å². The Morgan fingerprint density at radius 3 is 2.83 bits per heavy atom. The maximum Gasteiger partial charge on any atom is 0.410 e. The van der Waals surface area contributed by atoms with Gasteiger partial charge in [0.2, 0.25) is 0 Å². The largest absolute Gasteiger partial charge is 0.493 e. The van der Waals surface area contributed by atoms with Gasteiger partial charge in [-0.2, -0.15) is 5.10 Å². The smallest absolute Gasteiger partial charge is 0.410 e. The fourth-order valence-electron chi connectivity index (χ4n) is 2.61. The summed E-state index contributed by atoms with van der Waals surface area (Å²) in [6.45, 7) is 6.76. The summed E-state index contributed by atoms with van der Waals surface area (Å²) in [5, 5.41) is 4.17. The molecule has 1 aliphatic heterocycles. The lowest BCUT2D eigenvalue weighted by molar-refractivity contribution is -0.0388. The number of rotatable bonds is 3. The molecule has 1 amide bonds. The molecule has 2 heterocycles. The molecule has 0 radical (unpaired) electrons. The van der Waals surface area contributed by atoms with Crippen molar-refractivity contribution in [1.29, 1.82) is 0 Å². The van der Waals surface area contributed by atoms with Crippen LogP contribution in [0.15, 0.2) is 6.20 Å². The number of nitrogens with zero attached hydrogens (tertiary/aromatic N) is 3. The Balaban J connectivity index is 2.23. The van der Waals surface area contributed by atoms with Gasteiger partial charge in [0, 0.05) is 13.6 Å². The van der Waals surface area contributed by atoms with E-state index in [9.17, 15) is 4.79 Å². The average Bonchev–Trinajstić information content (AvgIpc) is 2.85. The fraction of sp³-hybridized carbons (Fsp3) is 0.733. The lowest BCUT2D eigenvalue weighted by Crippen LogP contribution is -2.54. The predicted octanol–water partition coefficient (Wildman–Crippen LogP) is 1.06. The van der Waals surface area contributed by atoms with E-state index in [1.54, 1.807) is 29.9 Å².